The summed E-state index contributed by atoms with van der Waals surface area (Å²) >= 11 is 0. The highest BCUT2D eigenvalue weighted by Gasteiger charge is 2.32. The zero-order valence-electron chi connectivity index (χ0n) is 13.2. The van der Waals surface area contributed by atoms with Gasteiger partial charge in [0.15, 0.2) is 0 Å². The van der Waals surface area contributed by atoms with E-state index >= 15 is 0 Å². The summed E-state index contributed by atoms with van der Waals surface area (Å²) in [6.07, 6.45) is 6.04. The maximum absolute atomic E-state index is 12.5. The molecule has 0 spiro atoms. The maximum atomic E-state index is 12.5. The van der Waals surface area contributed by atoms with Crippen LogP contribution in [0.5, 0.6) is 0 Å². The van der Waals surface area contributed by atoms with Gasteiger partial charge in [-0.05, 0) is 43.2 Å². The zero-order valence-corrected chi connectivity index (χ0v) is 13.2. The first kappa shape index (κ1) is 15.9. The summed E-state index contributed by atoms with van der Waals surface area (Å²) in [4.78, 5) is 34.4. The summed E-state index contributed by atoms with van der Waals surface area (Å²) < 4.78 is 0. The third-order valence-electron chi connectivity index (χ3n) is 3.97. The molecule has 0 aromatic carbocycles. The first-order chi connectivity index (χ1) is 11.7. The number of likely N-dealkylation sites (tertiary alicyclic amines) is 1. The molecule has 1 saturated heterocycles. The largest absolute Gasteiger partial charge is 0.327 e. The van der Waals surface area contributed by atoms with Crippen molar-refractivity contribution in [3.63, 3.8) is 0 Å². The lowest BCUT2D eigenvalue weighted by atomic mass is 10.2. The number of nitrogens with one attached hydrogen (secondary N) is 1. The summed E-state index contributed by atoms with van der Waals surface area (Å²) in [6.45, 7) is 4.07. The average molecular weight is 322 g/mol. The topological polar surface area (TPSA) is 75.2 Å². The Balaban J connectivity index is 1.75. The predicted molar refractivity (Wildman–Crippen MR) is 91.0 cm³/mol. The lowest BCUT2D eigenvalue weighted by molar-refractivity contribution is -0.132. The third-order valence-corrected chi connectivity index (χ3v) is 3.97. The Kier molecular flexibility index (Phi) is 4.65. The lowest BCUT2D eigenvalue weighted by Crippen LogP contribution is -2.42. The molecule has 3 rings (SSSR count). The molecule has 0 bridgehead atoms. The average Bonchev–Trinajstić information content (AvgIpc) is 3.12. The van der Waals surface area contributed by atoms with E-state index in [-0.39, 0.29) is 11.8 Å². The highest BCUT2D eigenvalue weighted by molar-refractivity contribution is 5.99. The van der Waals surface area contributed by atoms with Crippen LogP contribution >= 0.6 is 0 Å². The van der Waals surface area contributed by atoms with Crippen LogP contribution < -0.4 is 5.32 Å². The second-order valence-corrected chi connectivity index (χ2v) is 5.53. The molecule has 3 heterocycles. The van der Waals surface area contributed by atoms with Gasteiger partial charge in [0.25, 0.3) is 0 Å². The number of nitrogens with zero attached hydrogens (tertiary/aromatic N) is 3. The van der Waals surface area contributed by atoms with Crippen molar-refractivity contribution in [1.29, 1.82) is 0 Å². The van der Waals surface area contributed by atoms with E-state index in [0.29, 0.717) is 24.3 Å². The van der Waals surface area contributed by atoms with Gasteiger partial charge in [0.1, 0.15) is 6.04 Å². The van der Waals surface area contributed by atoms with Gasteiger partial charge >= 0.3 is 0 Å². The van der Waals surface area contributed by atoms with Crippen LogP contribution in [0.1, 0.15) is 12.8 Å². The van der Waals surface area contributed by atoms with Crippen LogP contribution in [0, 0.1) is 0 Å². The van der Waals surface area contributed by atoms with E-state index in [9.17, 15) is 9.59 Å². The number of amides is 2. The fourth-order valence-electron chi connectivity index (χ4n) is 2.81. The molecule has 0 unspecified atom stereocenters. The first-order valence-electron chi connectivity index (χ1n) is 7.80. The fourth-order valence-corrected chi connectivity index (χ4v) is 2.81. The van der Waals surface area contributed by atoms with E-state index in [1.807, 2.05) is 18.2 Å². The number of pyridine rings is 2. The van der Waals surface area contributed by atoms with Gasteiger partial charge < -0.3 is 10.2 Å². The standard InChI is InChI=1S/C18H18N4O2/c1-2-17(23)22-11-5-7-16(22)18(24)21-13-8-10-20-15(12-13)14-6-3-4-9-19-14/h2-4,6,8-10,12,16H,1,5,7,11H2,(H,20,21,24)/t16-/m1/s1. The first-order valence-corrected chi connectivity index (χ1v) is 7.80. The quantitative estimate of drug-likeness (QED) is 0.876. The van der Waals surface area contributed by atoms with E-state index in [0.717, 1.165) is 12.1 Å². The van der Waals surface area contributed by atoms with Crippen molar-refractivity contribution in [2.75, 3.05) is 11.9 Å². The van der Waals surface area contributed by atoms with E-state index in [1.165, 1.54) is 6.08 Å². The molecule has 0 radical (unpaired) electrons. The SMILES string of the molecule is C=CC(=O)N1CCC[C@@H]1C(=O)Nc1ccnc(-c2ccccn2)c1. The van der Waals surface area contributed by atoms with Crippen LogP contribution in [-0.2, 0) is 9.59 Å². The van der Waals surface area contributed by atoms with Crippen molar-refractivity contribution in [3.05, 3.63) is 55.4 Å². The van der Waals surface area contributed by atoms with Crippen molar-refractivity contribution >= 4 is 17.5 Å². The summed E-state index contributed by atoms with van der Waals surface area (Å²) in [5, 5.41) is 2.87. The van der Waals surface area contributed by atoms with Crippen molar-refractivity contribution in [2.24, 2.45) is 0 Å². The van der Waals surface area contributed by atoms with Crippen LogP contribution in [0.25, 0.3) is 11.4 Å². The highest BCUT2D eigenvalue weighted by Crippen LogP contribution is 2.21. The molecule has 6 heteroatoms. The summed E-state index contributed by atoms with van der Waals surface area (Å²) in [7, 11) is 0. The Hall–Kier alpha value is -3.02. The molecule has 2 amide bonds. The Morgan fingerprint density at radius 3 is 2.79 bits per heavy atom. The van der Waals surface area contributed by atoms with Crippen molar-refractivity contribution in [1.82, 2.24) is 14.9 Å². The minimum absolute atomic E-state index is 0.194. The number of aromatic nitrogens is 2. The van der Waals surface area contributed by atoms with E-state index in [1.54, 1.807) is 29.4 Å². The van der Waals surface area contributed by atoms with E-state index in [4.69, 9.17) is 0 Å². The van der Waals surface area contributed by atoms with Crippen LogP contribution in [-0.4, -0.2) is 39.3 Å². The minimum Gasteiger partial charge on any atom is -0.327 e. The third kappa shape index (κ3) is 3.32. The molecular weight excluding hydrogens is 304 g/mol. The summed E-state index contributed by atoms with van der Waals surface area (Å²) in [5.41, 5.74) is 2.05. The molecule has 1 fully saturated rings. The second kappa shape index (κ2) is 7.04. The van der Waals surface area contributed by atoms with Crippen LogP contribution in [0.3, 0.4) is 0 Å². The van der Waals surface area contributed by atoms with Gasteiger partial charge in [0, 0.05) is 24.6 Å². The molecule has 0 saturated carbocycles. The predicted octanol–water partition coefficient (Wildman–Crippen LogP) is 2.26. The molecule has 1 aliphatic rings. The van der Waals surface area contributed by atoms with E-state index < -0.39 is 6.04 Å². The highest BCUT2D eigenvalue weighted by atomic mass is 16.2. The molecule has 122 valence electrons. The number of rotatable bonds is 4. The van der Waals surface area contributed by atoms with Crippen LogP contribution in [0.2, 0.25) is 0 Å². The van der Waals surface area contributed by atoms with Gasteiger partial charge in [-0.1, -0.05) is 12.6 Å². The second-order valence-electron chi connectivity index (χ2n) is 5.53. The van der Waals surface area contributed by atoms with Crippen LogP contribution in [0.15, 0.2) is 55.4 Å². The number of carbonyl (C=O) groups is 2. The van der Waals surface area contributed by atoms with E-state index in [2.05, 4.69) is 21.9 Å². The van der Waals surface area contributed by atoms with Gasteiger partial charge in [0.05, 0.1) is 11.4 Å². The number of hydrogen-bond acceptors (Lipinski definition) is 4. The molecular formula is C18H18N4O2. The summed E-state index contributed by atoms with van der Waals surface area (Å²) in [6, 6.07) is 8.61. The minimum atomic E-state index is -0.457. The number of carbonyl (C=O) groups excluding carboxylic acids is 2. The number of anilines is 1. The van der Waals surface area contributed by atoms with Crippen molar-refractivity contribution < 1.29 is 9.59 Å². The summed E-state index contributed by atoms with van der Waals surface area (Å²) in [5.74, 6) is -0.405. The zero-order chi connectivity index (χ0) is 16.9. The Morgan fingerprint density at radius 2 is 2.04 bits per heavy atom. The Morgan fingerprint density at radius 1 is 1.21 bits per heavy atom. The molecule has 1 atom stereocenters. The van der Waals surface area contributed by atoms with Gasteiger partial charge in [-0.15, -0.1) is 0 Å². The monoisotopic (exact) mass is 322 g/mol. The smallest absolute Gasteiger partial charge is 0.247 e. The number of hydrogen-bond donors (Lipinski definition) is 1. The molecule has 2 aromatic rings. The molecule has 1 N–H and O–H groups in total. The fraction of sp³-hybridized carbons (Fsp3) is 0.222. The van der Waals surface area contributed by atoms with Gasteiger partial charge in [0.2, 0.25) is 11.8 Å². The lowest BCUT2D eigenvalue weighted by Gasteiger charge is -2.22. The molecule has 1 aliphatic heterocycles. The molecule has 2 aromatic heterocycles. The molecule has 24 heavy (non-hydrogen) atoms. The van der Waals surface area contributed by atoms with Gasteiger partial charge in [-0.2, -0.15) is 0 Å². The van der Waals surface area contributed by atoms with Gasteiger partial charge in [-0.25, -0.2) is 0 Å². The van der Waals surface area contributed by atoms with Gasteiger partial charge in [-0.3, -0.25) is 19.6 Å². The maximum Gasteiger partial charge on any atom is 0.247 e. The Bertz CT molecular complexity index is 761. The molecule has 0 aliphatic carbocycles. The van der Waals surface area contributed by atoms with Crippen molar-refractivity contribution in [3.8, 4) is 11.4 Å². The molecule has 6 nitrogen and oxygen atoms in total. The van der Waals surface area contributed by atoms with Crippen molar-refractivity contribution in [2.45, 2.75) is 18.9 Å². The Labute approximate surface area is 140 Å². The normalized spacial score (nSPS) is 16.7. The van der Waals surface area contributed by atoms with Crippen LogP contribution in [0.4, 0.5) is 5.69 Å².